The van der Waals surface area contributed by atoms with Crippen LogP contribution in [0.5, 0.6) is 0 Å². The Labute approximate surface area is 88.6 Å². The number of nitrogens with one attached hydrogen (secondary N) is 1. The van der Waals surface area contributed by atoms with E-state index < -0.39 is 0 Å². The average molecular weight is 201 g/mol. The monoisotopic (exact) mass is 201 g/mol. The van der Waals surface area contributed by atoms with Gasteiger partial charge in [0.15, 0.2) is 0 Å². The second-order valence-corrected chi connectivity index (χ2v) is 4.70. The minimum absolute atomic E-state index is 0.426. The fourth-order valence-electron chi connectivity index (χ4n) is 1.48. The van der Waals surface area contributed by atoms with Crippen molar-refractivity contribution in [3.8, 4) is 0 Å². The lowest BCUT2D eigenvalue weighted by Crippen LogP contribution is -2.25. The summed E-state index contributed by atoms with van der Waals surface area (Å²) in [6, 6.07) is 0. The lowest BCUT2D eigenvalue weighted by molar-refractivity contribution is 0.296. The first-order valence-corrected chi connectivity index (χ1v) is 5.73. The van der Waals surface area contributed by atoms with Crippen molar-refractivity contribution in [3.05, 3.63) is 0 Å². The molecule has 0 amide bonds. The second kappa shape index (κ2) is 8.21. The first kappa shape index (κ1) is 13.9. The van der Waals surface area contributed by atoms with Crippen molar-refractivity contribution in [2.45, 2.75) is 39.5 Å². The third-order valence-electron chi connectivity index (χ3n) is 2.59. The van der Waals surface area contributed by atoms with Gasteiger partial charge in [0.05, 0.1) is 0 Å². The van der Waals surface area contributed by atoms with E-state index in [0.717, 1.165) is 39.0 Å². The topological polar surface area (TPSA) is 64.1 Å². The fourth-order valence-corrected chi connectivity index (χ4v) is 1.48. The van der Waals surface area contributed by atoms with Crippen molar-refractivity contribution < 1.29 is 0 Å². The lowest BCUT2D eigenvalue weighted by Gasteiger charge is -2.24. The molecule has 0 aromatic carbocycles. The van der Waals surface area contributed by atoms with Gasteiger partial charge < -0.3 is 16.8 Å². The van der Waals surface area contributed by atoms with Crippen LogP contribution >= 0.6 is 0 Å². The number of rotatable bonds is 9. The molecule has 0 saturated heterocycles. The predicted molar refractivity (Wildman–Crippen MR) is 63.2 cm³/mol. The van der Waals surface area contributed by atoms with Gasteiger partial charge in [-0.2, -0.15) is 0 Å². The maximum absolute atomic E-state index is 5.50. The summed E-state index contributed by atoms with van der Waals surface area (Å²) < 4.78 is 0. The van der Waals surface area contributed by atoms with E-state index in [0.29, 0.717) is 5.41 Å². The summed E-state index contributed by atoms with van der Waals surface area (Å²) in [6.07, 6.45) is 4.65. The summed E-state index contributed by atoms with van der Waals surface area (Å²) in [5, 5.41) is 3.41. The highest BCUT2D eigenvalue weighted by Crippen LogP contribution is 2.25. The first-order chi connectivity index (χ1) is 6.62. The van der Waals surface area contributed by atoms with Crippen LogP contribution in [0, 0.1) is 5.41 Å². The maximum atomic E-state index is 5.50. The van der Waals surface area contributed by atoms with E-state index in [-0.39, 0.29) is 0 Å². The SMILES string of the molecule is CC(C)(CCCN)CCNCCCN. The molecule has 0 saturated carbocycles. The molecular formula is C11H27N3. The van der Waals surface area contributed by atoms with Gasteiger partial charge in [0.2, 0.25) is 0 Å². The Morgan fingerprint density at radius 1 is 0.929 bits per heavy atom. The van der Waals surface area contributed by atoms with Crippen molar-refractivity contribution in [3.63, 3.8) is 0 Å². The molecule has 0 aromatic rings. The first-order valence-electron chi connectivity index (χ1n) is 5.73. The molecule has 0 aliphatic carbocycles. The summed E-state index contributed by atoms with van der Waals surface area (Å²) in [5.74, 6) is 0. The molecule has 0 aliphatic rings. The van der Waals surface area contributed by atoms with E-state index in [1.165, 1.54) is 12.8 Å². The van der Waals surface area contributed by atoms with Crippen molar-refractivity contribution >= 4 is 0 Å². The summed E-state index contributed by atoms with van der Waals surface area (Å²) in [7, 11) is 0. The van der Waals surface area contributed by atoms with Crippen LogP contribution in [-0.4, -0.2) is 26.2 Å². The highest BCUT2D eigenvalue weighted by Gasteiger charge is 2.15. The zero-order valence-electron chi connectivity index (χ0n) is 9.81. The van der Waals surface area contributed by atoms with E-state index in [9.17, 15) is 0 Å². The van der Waals surface area contributed by atoms with Crippen molar-refractivity contribution in [2.24, 2.45) is 16.9 Å². The molecular weight excluding hydrogens is 174 g/mol. The fraction of sp³-hybridized carbons (Fsp3) is 1.00. The van der Waals surface area contributed by atoms with Crippen molar-refractivity contribution in [1.82, 2.24) is 5.32 Å². The molecule has 5 N–H and O–H groups in total. The molecule has 0 bridgehead atoms. The van der Waals surface area contributed by atoms with Crippen molar-refractivity contribution in [1.29, 1.82) is 0 Å². The van der Waals surface area contributed by atoms with Crippen molar-refractivity contribution in [2.75, 3.05) is 26.2 Å². The molecule has 0 spiro atoms. The average Bonchev–Trinajstić information content (AvgIpc) is 2.15. The van der Waals surface area contributed by atoms with E-state index >= 15 is 0 Å². The Balaban J connectivity index is 3.35. The Hall–Kier alpha value is -0.120. The number of nitrogens with two attached hydrogens (primary N) is 2. The van der Waals surface area contributed by atoms with Crippen LogP contribution in [0.1, 0.15) is 39.5 Å². The molecule has 0 unspecified atom stereocenters. The van der Waals surface area contributed by atoms with Gasteiger partial charge in [-0.05, 0) is 57.3 Å². The minimum atomic E-state index is 0.426. The summed E-state index contributed by atoms with van der Waals surface area (Å²) in [4.78, 5) is 0. The molecule has 86 valence electrons. The van der Waals surface area contributed by atoms with Crippen LogP contribution < -0.4 is 16.8 Å². The van der Waals surface area contributed by atoms with Gasteiger partial charge in [0.25, 0.3) is 0 Å². The van der Waals surface area contributed by atoms with Crippen LogP contribution in [-0.2, 0) is 0 Å². The van der Waals surface area contributed by atoms with Gasteiger partial charge >= 0.3 is 0 Å². The summed E-state index contributed by atoms with van der Waals surface area (Å²) >= 11 is 0. The second-order valence-electron chi connectivity index (χ2n) is 4.70. The summed E-state index contributed by atoms with van der Waals surface area (Å²) in [6.45, 7) is 8.36. The van der Waals surface area contributed by atoms with Crippen LogP contribution in [0.2, 0.25) is 0 Å². The van der Waals surface area contributed by atoms with E-state index in [1.807, 2.05) is 0 Å². The van der Waals surface area contributed by atoms with E-state index in [2.05, 4.69) is 19.2 Å². The zero-order chi connectivity index (χ0) is 10.9. The molecule has 0 rings (SSSR count). The van der Waals surface area contributed by atoms with Crippen LogP contribution in [0.25, 0.3) is 0 Å². The molecule has 3 nitrogen and oxygen atoms in total. The zero-order valence-corrected chi connectivity index (χ0v) is 9.81. The molecule has 0 atom stereocenters. The van der Waals surface area contributed by atoms with E-state index in [4.69, 9.17) is 11.5 Å². The molecule has 0 heterocycles. The Kier molecular flexibility index (Phi) is 8.14. The standard InChI is InChI=1S/C11H27N3/c1-11(2,5-3-7-12)6-10-14-9-4-8-13/h14H,3-10,12-13H2,1-2H3. The van der Waals surface area contributed by atoms with Crippen LogP contribution in [0.4, 0.5) is 0 Å². The van der Waals surface area contributed by atoms with Gasteiger partial charge in [-0.1, -0.05) is 13.8 Å². The van der Waals surface area contributed by atoms with Crippen LogP contribution in [0.15, 0.2) is 0 Å². The quantitative estimate of drug-likeness (QED) is 0.489. The maximum Gasteiger partial charge on any atom is -0.00369 e. The Bertz CT molecular complexity index is 124. The third-order valence-corrected chi connectivity index (χ3v) is 2.59. The summed E-state index contributed by atoms with van der Waals surface area (Å²) in [5.41, 5.74) is 11.3. The molecule has 0 aromatic heterocycles. The van der Waals surface area contributed by atoms with Gasteiger partial charge in [-0.3, -0.25) is 0 Å². The highest BCUT2D eigenvalue weighted by atomic mass is 14.8. The predicted octanol–water partition coefficient (Wildman–Crippen LogP) is 1.08. The Morgan fingerprint density at radius 3 is 2.14 bits per heavy atom. The van der Waals surface area contributed by atoms with Gasteiger partial charge in [0, 0.05) is 0 Å². The number of hydrogen-bond acceptors (Lipinski definition) is 3. The molecule has 0 fully saturated rings. The molecule has 3 heteroatoms. The lowest BCUT2D eigenvalue weighted by atomic mass is 9.84. The number of hydrogen-bond donors (Lipinski definition) is 3. The highest BCUT2D eigenvalue weighted by molar-refractivity contribution is 4.70. The van der Waals surface area contributed by atoms with E-state index in [1.54, 1.807) is 0 Å². The van der Waals surface area contributed by atoms with Crippen LogP contribution in [0.3, 0.4) is 0 Å². The molecule has 0 radical (unpaired) electrons. The van der Waals surface area contributed by atoms with Gasteiger partial charge in [-0.15, -0.1) is 0 Å². The Morgan fingerprint density at radius 2 is 1.57 bits per heavy atom. The molecule has 0 aliphatic heterocycles. The largest absolute Gasteiger partial charge is 0.330 e. The van der Waals surface area contributed by atoms with Gasteiger partial charge in [-0.25, -0.2) is 0 Å². The normalized spacial score (nSPS) is 12.0. The third kappa shape index (κ3) is 8.48. The molecule has 14 heavy (non-hydrogen) atoms. The van der Waals surface area contributed by atoms with Gasteiger partial charge in [0.1, 0.15) is 0 Å². The smallest absolute Gasteiger partial charge is 0.00369 e. The minimum Gasteiger partial charge on any atom is -0.330 e.